The molecule has 1 atom stereocenters. The number of hydrogen-bond acceptors (Lipinski definition) is 4. The summed E-state index contributed by atoms with van der Waals surface area (Å²) in [5.41, 5.74) is 1.50. The van der Waals surface area contributed by atoms with Gasteiger partial charge in [0.15, 0.2) is 5.96 Å². The van der Waals surface area contributed by atoms with Crippen molar-refractivity contribution in [2.24, 2.45) is 4.99 Å². The number of halogens is 1. The van der Waals surface area contributed by atoms with Crippen LogP contribution < -0.4 is 10.6 Å². The minimum Gasteiger partial charge on any atom is -0.379 e. The van der Waals surface area contributed by atoms with Crippen LogP contribution in [0.3, 0.4) is 0 Å². The third kappa shape index (κ3) is 5.74. The number of ether oxygens (including phenoxy) is 1. The summed E-state index contributed by atoms with van der Waals surface area (Å²) in [5.74, 6) is 3.31. The molecule has 2 N–H and O–H groups in total. The van der Waals surface area contributed by atoms with Crippen molar-refractivity contribution in [1.82, 2.24) is 15.5 Å². The lowest BCUT2D eigenvalue weighted by atomic mass is 9.95. The summed E-state index contributed by atoms with van der Waals surface area (Å²) in [5, 5.41) is 6.98. The van der Waals surface area contributed by atoms with Gasteiger partial charge < -0.3 is 15.4 Å². The number of thioether (sulfide) groups is 1. The van der Waals surface area contributed by atoms with Crippen LogP contribution in [0.5, 0.6) is 0 Å². The Hall–Kier alpha value is -0.510. The molecule has 0 aromatic heterocycles. The van der Waals surface area contributed by atoms with Crippen molar-refractivity contribution in [2.45, 2.75) is 18.5 Å². The van der Waals surface area contributed by atoms with Crippen LogP contribution in [0, 0.1) is 0 Å². The molecule has 5 nitrogen and oxygen atoms in total. The van der Waals surface area contributed by atoms with Crippen molar-refractivity contribution >= 4 is 41.7 Å². The average Bonchev–Trinajstić information content (AvgIpc) is 3.14. The highest BCUT2D eigenvalue weighted by Gasteiger charge is 2.40. The Bertz CT molecular complexity index is 531. The number of benzene rings is 1. The summed E-state index contributed by atoms with van der Waals surface area (Å²) in [4.78, 5) is 7.00. The standard InChI is InChI=1S/C18H28N4OS.HI/c1-19-17(20-13-16-5-3-2-4-6-16)21-14-18(7-12-24-15-18)22-8-10-23-11-9-22;/h2-6H,7-15H2,1H3,(H2,19,20,21);1H. The zero-order valence-electron chi connectivity index (χ0n) is 14.9. The fourth-order valence-electron chi connectivity index (χ4n) is 3.39. The number of guanidine groups is 1. The number of aliphatic imine (C=N–C) groups is 1. The van der Waals surface area contributed by atoms with Gasteiger partial charge in [0.2, 0.25) is 0 Å². The number of nitrogens with one attached hydrogen (secondary N) is 2. The first-order chi connectivity index (χ1) is 11.8. The molecule has 140 valence electrons. The molecule has 25 heavy (non-hydrogen) atoms. The van der Waals surface area contributed by atoms with E-state index >= 15 is 0 Å². The van der Waals surface area contributed by atoms with Gasteiger partial charge in [-0.1, -0.05) is 30.3 Å². The van der Waals surface area contributed by atoms with Crippen LogP contribution in [-0.2, 0) is 11.3 Å². The lowest BCUT2D eigenvalue weighted by molar-refractivity contribution is -0.0120. The maximum absolute atomic E-state index is 5.53. The number of rotatable bonds is 5. The summed E-state index contributed by atoms with van der Waals surface area (Å²) in [6.45, 7) is 5.52. The van der Waals surface area contributed by atoms with E-state index in [1.807, 2.05) is 13.1 Å². The number of morpholine rings is 1. The van der Waals surface area contributed by atoms with Crippen LogP contribution in [-0.4, -0.2) is 67.8 Å². The molecule has 7 heteroatoms. The monoisotopic (exact) mass is 476 g/mol. The van der Waals surface area contributed by atoms with Gasteiger partial charge in [0.1, 0.15) is 0 Å². The second-order valence-electron chi connectivity index (χ2n) is 6.39. The zero-order chi connectivity index (χ0) is 16.7. The highest BCUT2D eigenvalue weighted by atomic mass is 127. The van der Waals surface area contributed by atoms with E-state index in [9.17, 15) is 0 Å². The van der Waals surface area contributed by atoms with Crippen LogP contribution >= 0.6 is 35.7 Å². The first-order valence-electron chi connectivity index (χ1n) is 8.71. The molecule has 0 bridgehead atoms. The smallest absolute Gasteiger partial charge is 0.191 e. The fraction of sp³-hybridized carbons (Fsp3) is 0.611. The molecule has 2 aliphatic heterocycles. The predicted molar refractivity (Wildman–Crippen MR) is 117 cm³/mol. The van der Waals surface area contributed by atoms with Crippen molar-refractivity contribution in [2.75, 3.05) is 51.4 Å². The maximum atomic E-state index is 5.53. The van der Waals surface area contributed by atoms with Gasteiger partial charge in [0, 0.05) is 44.5 Å². The Balaban J connectivity index is 0.00000225. The van der Waals surface area contributed by atoms with Gasteiger partial charge in [-0.05, 0) is 17.7 Å². The molecule has 1 unspecified atom stereocenters. The SMILES string of the molecule is CN=C(NCc1ccccc1)NCC1(N2CCOCC2)CCSC1.I. The van der Waals surface area contributed by atoms with Crippen LogP contribution in [0.15, 0.2) is 35.3 Å². The van der Waals surface area contributed by atoms with Crippen molar-refractivity contribution in [3.8, 4) is 0 Å². The van der Waals surface area contributed by atoms with Gasteiger partial charge in [-0.2, -0.15) is 11.8 Å². The highest BCUT2D eigenvalue weighted by Crippen LogP contribution is 2.33. The van der Waals surface area contributed by atoms with Crippen molar-refractivity contribution < 1.29 is 4.74 Å². The Labute approximate surface area is 172 Å². The molecule has 0 saturated carbocycles. The van der Waals surface area contributed by atoms with E-state index in [4.69, 9.17) is 4.74 Å². The van der Waals surface area contributed by atoms with Crippen LogP contribution in [0.2, 0.25) is 0 Å². The van der Waals surface area contributed by atoms with E-state index in [1.165, 1.54) is 23.5 Å². The second-order valence-corrected chi connectivity index (χ2v) is 7.50. The van der Waals surface area contributed by atoms with E-state index in [1.54, 1.807) is 0 Å². The third-order valence-corrected chi connectivity index (χ3v) is 6.11. The topological polar surface area (TPSA) is 48.9 Å². The van der Waals surface area contributed by atoms with Crippen LogP contribution in [0.4, 0.5) is 0 Å². The lowest BCUT2D eigenvalue weighted by Crippen LogP contribution is -2.60. The van der Waals surface area contributed by atoms with Crippen LogP contribution in [0.25, 0.3) is 0 Å². The van der Waals surface area contributed by atoms with E-state index in [2.05, 4.69) is 56.6 Å². The largest absolute Gasteiger partial charge is 0.379 e. The van der Waals surface area contributed by atoms with Gasteiger partial charge in [-0.3, -0.25) is 9.89 Å². The molecule has 2 fully saturated rings. The maximum Gasteiger partial charge on any atom is 0.191 e. The Morgan fingerprint density at radius 2 is 2.00 bits per heavy atom. The molecule has 2 saturated heterocycles. The average molecular weight is 476 g/mol. The summed E-state index contributed by atoms with van der Waals surface area (Å²) in [6, 6.07) is 10.4. The highest BCUT2D eigenvalue weighted by molar-refractivity contribution is 14.0. The van der Waals surface area contributed by atoms with Crippen molar-refractivity contribution in [3.05, 3.63) is 35.9 Å². The fourth-order valence-corrected chi connectivity index (χ4v) is 4.86. The molecule has 1 aromatic carbocycles. The summed E-state index contributed by atoms with van der Waals surface area (Å²) >= 11 is 2.06. The second kappa shape index (κ2) is 10.6. The molecular formula is C18H29IN4OS. The summed E-state index contributed by atoms with van der Waals surface area (Å²) < 4.78 is 5.53. The first kappa shape index (κ1) is 20.8. The van der Waals surface area contributed by atoms with Crippen molar-refractivity contribution in [1.29, 1.82) is 0 Å². The van der Waals surface area contributed by atoms with E-state index < -0.39 is 0 Å². The summed E-state index contributed by atoms with van der Waals surface area (Å²) in [7, 11) is 1.84. The molecule has 0 spiro atoms. The molecule has 0 radical (unpaired) electrons. The van der Waals surface area contributed by atoms with E-state index in [0.29, 0.717) is 0 Å². The minimum atomic E-state index is 0. The molecule has 0 aliphatic carbocycles. The molecular weight excluding hydrogens is 447 g/mol. The van der Waals surface area contributed by atoms with Crippen molar-refractivity contribution in [3.63, 3.8) is 0 Å². The van der Waals surface area contributed by atoms with Crippen LogP contribution in [0.1, 0.15) is 12.0 Å². The molecule has 2 aliphatic rings. The molecule has 0 amide bonds. The third-order valence-electron chi connectivity index (χ3n) is 4.88. The lowest BCUT2D eigenvalue weighted by Gasteiger charge is -2.43. The Morgan fingerprint density at radius 1 is 1.24 bits per heavy atom. The molecule has 3 rings (SSSR count). The molecule has 1 aromatic rings. The number of hydrogen-bond donors (Lipinski definition) is 2. The van der Waals surface area contributed by atoms with Gasteiger partial charge in [-0.15, -0.1) is 24.0 Å². The number of nitrogens with zero attached hydrogens (tertiary/aromatic N) is 2. The Morgan fingerprint density at radius 3 is 2.64 bits per heavy atom. The van der Waals surface area contributed by atoms with E-state index in [-0.39, 0.29) is 29.5 Å². The predicted octanol–water partition coefficient (Wildman–Crippen LogP) is 2.18. The normalized spacial score (nSPS) is 24.6. The van der Waals surface area contributed by atoms with E-state index in [0.717, 1.165) is 45.4 Å². The van der Waals surface area contributed by atoms with Gasteiger partial charge in [0.25, 0.3) is 0 Å². The quantitative estimate of drug-likeness (QED) is 0.388. The summed E-state index contributed by atoms with van der Waals surface area (Å²) in [6.07, 6.45) is 1.24. The van der Waals surface area contributed by atoms with Gasteiger partial charge in [-0.25, -0.2) is 0 Å². The molecule has 2 heterocycles. The van der Waals surface area contributed by atoms with Gasteiger partial charge in [0.05, 0.1) is 13.2 Å². The minimum absolute atomic E-state index is 0. The zero-order valence-corrected chi connectivity index (χ0v) is 18.0. The van der Waals surface area contributed by atoms with Gasteiger partial charge >= 0.3 is 0 Å². The Kier molecular flexibility index (Phi) is 8.81. The first-order valence-corrected chi connectivity index (χ1v) is 9.87.